The molecule has 4 aromatic rings. The van der Waals surface area contributed by atoms with Crippen LogP contribution in [0.3, 0.4) is 0 Å². The zero-order valence-electron chi connectivity index (χ0n) is 19.5. The highest BCUT2D eigenvalue weighted by atomic mass is 16.6. The molecule has 0 saturated carbocycles. The lowest BCUT2D eigenvalue weighted by molar-refractivity contribution is 0.0527. The summed E-state index contributed by atoms with van der Waals surface area (Å²) in [6.45, 7) is 8.19. The van der Waals surface area contributed by atoms with Gasteiger partial charge in [-0.15, -0.1) is 0 Å². The normalized spacial score (nSPS) is 12.1. The van der Waals surface area contributed by atoms with Crippen LogP contribution in [0.1, 0.15) is 52.0 Å². The van der Waals surface area contributed by atoms with E-state index in [1.165, 1.54) is 37.9 Å². The maximum Gasteiger partial charge on any atom is 0.407 e. The van der Waals surface area contributed by atoms with Gasteiger partial charge in [-0.3, -0.25) is 0 Å². The Morgan fingerprint density at radius 2 is 1.41 bits per heavy atom. The van der Waals surface area contributed by atoms with Crippen LogP contribution in [0.4, 0.5) is 4.79 Å². The first-order chi connectivity index (χ1) is 15.4. The van der Waals surface area contributed by atoms with E-state index in [0.717, 1.165) is 38.8 Å². The Labute approximate surface area is 190 Å². The minimum atomic E-state index is -0.440. The number of hydrogen-bond donors (Lipinski definition) is 2. The third-order valence-corrected chi connectivity index (χ3v) is 5.88. The second-order valence-electron chi connectivity index (χ2n) is 9.60. The monoisotopic (exact) mass is 430 g/mol. The molecule has 0 heterocycles. The lowest BCUT2D eigenvalue weighted by Gasteiger charge is -2.19. The molecule has 32 heavy (non-hydrogen) atoms. The quantitative estimate of drug-likeness (QED) is 0.228. The van der Waals surface area contributed by atoms with E-state index < -0.39 is 5.60 Å². The van der Waals surface area contributed by atoms with Gasteiger partial charge in [0.2, 0.25) is 0 Å². The van der Waals surface area contributed by atoms with Crippen molar-refractivity contribution in [3.8, 4) is 0 Å². The summed E-state index contributed by atoms with van der Waals surface area (Å²) in [6.07, 6.45) is 4.05. The summed E-state index contributed by atoms with van der Waals surface area (Å²) >= 11 is 0. The lowest BCUT2D eigenvalue weighted by atomic mass is 9.92. The van der Waals surface area contributed by atoms with Crippen LogP contribution in [0.15, 0.2) is 54.6 Å². The van der Waals surface area contributed by atoms with Crippen LogP contribution in [-0.2, 0) is 11.3 Å². The number of hydrogen-bond acceptors (Lipinski definition) is 3. The van der Waals surface area contributed by atoms with E-state index in [1.807, 2.05) is 20.8 Å². The summed E-state index contributed by atoms with van der Waals surface area (Å²) in [5.74, 6) is 0. The fourth-order valence-corrected chi connectivity index (χ4v) is 4.41. The molecule has 0 radical (unpaired) electrons. The molecule has 0 aliphatic carbocycles. The molecule has 0 fully saturated rings. The predicted molar refractivity (Wildman–Crippen MR) is 135 cm³/mol. The second-order valence-corrected chi connectivity index (χ2v) is 9.60. The zero-order valence-corrected chi connectivity index (χ0v) is 19.5. The van der Waals surface area contributed by atoms with Gasteiger partial charge in [-0.25, -0.2) is 4.79 Å². The van der Waals surface area contributed by atoms with E-state index in [1.54, 1.807) is 0 Å². The number of nitrogens with one attached hydrogen (secondary N) is 2. The number of benzene rings is 4. The fraction of sp³-hybridized carbons (Fsp3) is 0.393. The third kappa shape index (κ3) is 5.31. The highest BCUT2D eigenvalue weighted by molar-refractivity contribution is 6.23. The van der Waals surface area contributed by atoms with Gasteiger partial charge in [0.1, 0.15) is 5.60 Å². The third-order valence-electron chi connectivity index (χ3n) is 5.88. The van der Waals surface area contributed by atoms with Crippen molar-refractivity contribution in [2.45, 2.75) is 58.6 Å². The van der Waals surface area contributed by atoms with Crippen LogP contribution in [0.2, 0.25) is 0 Å². The molecule has 4 nitrogen and oxygen atoms in total. The molecule has 168 valence electrons. The first-order valence-corrected chi connectivity index (χ1v) is 11.8. The number of unbranched alkanes of at least 4 members (excludes halogenated alkanes) is 3. The van der Waals surface area contributed by atoms with Crippen molar-refractivity contribution in [3.63, 3.8) is 0 Å². The first-order valence-electron chi connectivity index (χ1n) is 11.8. The van der Waals surface area contributed by atoms with Gasteiger partial charge < -0.3 is 15.4 Å². The van der Waals surface area contributed by atoms with Crippen molar-refractivity contribution in [1.29, 1.82) is 0 Å². The summed E-state index contributed by atoms with van der Waals surface area (Å²) in [6, 6.07) is 20.0. The number of carbonyl (C=O) groups is 1. The summed E-state index contributed by atoms with van der Waals surface area (Å²) in [5.41, 5.74) is 0.919. The molecule has 4 rings (SSSR count). The van der Waals surface area contributed by atoms with E-state index in [4.69, 9.17) is 4.74 Å². The highest BCUT2D eigenvalue weighted by Crippen LogP contribution is 2.35. The molecule has 0 bridgehead atoms. The van der Waals surface area contributed by atoms with E-state index >= 15 is 0 Å². The molecule has 0 aromatic heterocycles. The van der Waals surface area contributed by atoms with Crippen molar-refractivity contribution in [2.24, 2.45) is 0 Å². The van der Waals surface area contributed by atoms with Gasteiger partial charge in [-0.1, -0.05) is 67.4 Å². The van der Waals surface area contributed by atoms with Crippen LogP contribution >= 0.6 is 0 Å². The van der Waals surface area contributed by atoms with Crippen molar-refractivity contribution < 1.29 is 9.53 Å². The smallest absolute Gasteiger partial charge is 0.407 e. The molecular formula is C28H34N2O2. The summed E-state index contributed by atoms with van der Waals surface area (Å²) in [4.78, 5) is 11.6. The summed E-state index contributed by atoms with van der Waals surface area (Å²) in [7, 11) is 0. The maximum absolute atomic E-state index is 11.6. The van der Waals surface area contributed by atoms with Crippen LogP contribution < -0.4 is 10.6 Å². The first kappa shape index (κ1) is 22.3. The molecular weight excluding hydrogens is 396 g/mol. The SMILES string of the molecule is CC(C)(C)OC(=O)NCCCCCCNCc1ccc2ccc3cccc4ccc1c2c34. The summed E-state index contributed by atoms with van der Waals surface area (Å²) < 4.78 is 5.25. The van der Waals surface area contributed by atoms with E-state index in [2.05, 4.69) is 65.2 Å². The van der Waals surface area contributed by atoms with Crippen LogP contribution in [-0.4, -0.2) is 24.8 Å². The standard InChI is InChI=1S/C28H34N2O2/c1-28(2,3)32-27(31)30-18-7-5-4-6-17-29-19-23-14-13-22-12-11-20-9-8-10-21-15-16-24(23)26(22)25(20)21/h8-16,29H,4-7,17-19H2,1-3H3,(H,30,31). The lowest BCUT2D eigenvalue weighted by Crippen LogP contribution is -2.32. The van der Waals surface area contributed by atoms with Gasteiger partial charge >= 0.3 is 6.09 Å². The molecule has 4 aromatic carbocycles. The van der Waals surface area contributed by atoms with Crippen molar-refractivity contribution >= 4 is 38.4 Å². The topological polar surface area (TPSA) is 50.4 Å². The van der Waals surface area contributed by atoms with E-state index in [0.29, 0.717) is 6.54 Å². The van der Waals surface area contributed by atoms with Crippen molar-refractivity contribution in [2.75, 3.05) is 13.1 Å². The minimum absolute atomic E-state index is 0.326. The Balaban J connectivity index is 1.23. The largest absolute Gasteiger partial charge is 0.444 e. The number of ether oxygens (including phenoxy) is 1. The Morgan fingerprint density at radius 1 is 0.781 bits per heavy atom. The van der Waals surface area contributed by atoms with Crippen LogP contribution in [0.25, 0.3) is 32.3 Å². The van der Waals surface area contributed by atoms with Gasteiger partial charge in [0.25, 0.3) is 0 Å². The molecule has 0 aliphatic heterocycles. The average Bonchev–Trinajstić information content (AvgIpc) is 2.75. The van der Waals surface area contributed by atoms with Crippen molar-refractivity contribution in [3.05, 3.63) is 60.2 Å². The Hall–Kier alpha value is -2.85. The Bertz CT molecular complexity index is 1180. The predicted octanol–water partition coefficient (Wildman–Crippen LogP) is 6.76. The van der Waals surface area contributed by atoms with Gasteiger partial charge in [-0.05, 0) is 78.0 Å². The number of rotatable bonds is 9. The maximum atomic E-state index is 11.6. The molecule has 0 saturated heterocycles. The van der Waals surface area contributed by atoms with Crippen LogP contribution in [0, 0.1) is 0 Å². The molecule has 0 atom stereocenters. The average molecular weight is 431 g/mol. The van der Waals surface area contributed by atoms with Crippen molar-refractivity contribution in [1.82, 2.24) is 10.6 Å². The number of carbonyl (C=O) groups excluding carboxylic acids is 1. The molecule has 1 amide bonds. The van der Waals surface area contributed by atoms with E-state index in [9.17, 15) is 4.79 Å². The number of alkyl carbamates (subject to hydrolysis) is 1. The second kappa shape index (κ2) is 9.74. The molecule has 0 unspecified atom stereocenters. The Morgan fingerprint density at radius 3 is 2.12 bits per heavy atom. The van der Waals surface area contributed by atoms with Gasteiger partial charge in [0.05, 0.1) is 0 Å². The van der Waals surface area contributed by atoms with E-state index in [-0.39, 0.29) is 6.09 Å². The molecule has 0 spiro atoms. The summed E-state index contributed by atoms with van der Waals surface area (Å²) in [5, 5.41) is 14.5. The zero-order chi connectivity index (χ0) is 22.6. The molecule has 4 heteroatoms. The highest BCUT2D eigenvalue weighted by Gasteiger charge is 2.15. The minimum Gasteiger partial charge on any atom is -0.444 e. The van der Waals surface area contributed by atoms with Gasteiger partial charge in [-0.2, -0.15) is 0 Å². The Kier molecular flexibility index (Phi) is 6.80. The fourth-order valence-electron chi connectivity index (χ4n) is 4.41. The molecule has 2 N–H and O–H groups in total. The van der Waals surface area contributed by atoms with Gasteiger partial charge in [0, 0.05) is 13.1 Å². The van der Waals surface area contributed by atoms with Gasteiger partial charge in [0.15, 0.2) is 0 Å². The van der Waals surface area contributed by atoms with Crippen LogP contribution in [0.5, 0.6) is 0 Å². The molecule has 0 aliphatic rings. The number of amides is 1.